The van der Waals surface area contributed by atoms with Crippen molar-refractivity contribution in [2.75, 3.05) is 0 Å². The van der Waals surface area contributed by atoms with Gasteiger partial charge >= 0.3 is 0 Å². The third kappa shape index (κ3) is 1.74. The lowest BCUT2D eigenvalue weighted by Crippen LogP contribution is -2.15. The Kier molecular flexibility index (Phi) is 2.46. The first-order valence-electron chi connectivity index (χ1n) is 6.92. The van der Waals surface area contributed by atoms with Gasteiger partial charge in [0.05, 0.1) is 5.69 Å². The smallest absolute Gasteiger partial charge is 0.254 e. The highest BCUT2D eigenvalue weighted by molar-refractivity contribution is 5.86. The largest absolute Gasteiger partial charge is 0.306 e. The first-order valence-corrected chi connectivity index (χ1v) is 6.92. The molecule has 0 amide bonds. The lowest BCUT2D eigenvalue weighted by molar-refractivity contribution is 0.899. The minimum Gasteiger partial charge on any atom is -0.306 e. The van der Waals surface area contributed by atoms with Gasteiger partial charge < -0.3 is 4.98 Å². The molecule has 0 spiro atoms. The molecule has 4 rings (SSSR count). The summed E-state index contributed by atoms with van der Waals surface area (Å²) in [6.45, 7) is 0. The molecule has 3 aromatic rings. The van der Waals surface area contributed by atoms with Gasteiger partial charge in [-0.15, -0.1) is 0 Å². The van der Waals surface area contributed by atoms with Crippen molar-refractivity contribution in [2.24, 2.45) is 0 Å². The quantitative estimate of drug-likeness (QED) is 0.732. The van der Waals surface area contributed by atoms with Gasteiger partial charge in [0.1, 0.15) is 5.82 Å². The Morgan fingerprint density at radius 3 is 2.75 bits per heavy atom. The number of aromatic amines is 1. The molecule has 0 saturated carbocycles. The second kappa shape index (κ2) is 4.30. The highest BCUT2D eigenvalue weighted by Gasteiger charge is 2.17. The molecule has 0 fully saturated rings. The molecular formula is C17H14N2O. The molecule has 1 N–H and O–H groups in total. The summed E-state index contributed by atoms with van der Waals surface area (Å²) in [5.74, 6) is 0.682. The summed E-state index contributed by atoms with van der Waals surface area (Å²) in [5.41, 5.74) is 2.83. The number of benzene rings is 2. The van der Waals surface area contributed by atoms with Crippen LogP contribution in [0.5, 0.6) is 0 Å². The number of nitrogens with one attached hydrogen (secondary N) is 1. The fourth-order valence-electron chi connectivity index (χ4n) is 2.91. The van der Waals surface area contributed by atoms with E-state index in [9.17, 15) is 4.79 Å². The Hall–Kier alpha value is -2.42. The van der Waals surface area contributed by atoms with E-state index in [0.29, 0.717) is 5.82 Å². The van der Waals surface area contributed by atoms with Crippen LogP contribution in [0, 0.1) is 0 Å². The molecule has 20 heavy (non-hydrogen) atoms. The van der Waals surface area contributed by atoms with Crippen molar-refractivity contribution < 1.29 is 0 Å². The summed E-state index contributed by atoms with van der Waals surface area (Å²) < 4.78 is 0. The highest BCUT2D eigenvalue weighted by Crippen LogP contribution is 2.23. The molecule has 3 heteroatoms. The molecule has 98 valence electrons. The zero-order valence-corrected chi connectivity index (χ0v) is 11.0. The third-order valence-corrected chi connectivity index (χ3v) is 3.96. The number of rotatable bonds is 1. The molecule has 2 aromatic carbocycles. The number of aromatic nitrogens is 2. The summed E-state index contributed by atoms with van der Waals surface area (Å²) in [6.07, 6.45) is 2.81. The van der Waals surface area contributed by atoms with Crippen LogP contribution >= 0.6 is 0 Å². The fraction of sp³-hybridized carbons (Fsp3) is 0.176. The Morgan fingerprint density at radius 2 is 1.85 bits per heavy atom. The lowest BCUT2D eigenvalue weighted by atomic mass is 10.1. The molecule has 3 nitrogen and oxygen atoms in total. The molecule has 0 aliphatic heterocycles. The van der Waals surface area contributed by atoms with Gasteiger partial charge in [0, 0.05) is 11.1 Å². The van der Waals surface area contributed by atoms with Crippen LogP contribution in [0.25, 0.3) is 22.2 Å². The summed E-state index contributed by atoms with van der Waals surface area (Å²) in [6, 6.07) is 14.4. The van der Waals surface area contributed by atoms with Gasteiger partial charge in [0.25, 0.3) is 5.56 Å². The van der Waals surface area contributed by atoms with Gasteiger partial charge in [-0.2, -0.15) is 0 Å². The second-order valence-electron chi connectivity index (χ2n) is 5.26. The monoisotopic (exact) mass is 262 g/mol. The van der Waals surface area contributed by atoms with Gasteiger partial charge in [-0.25, -0.2) is 4.98 Å². The highest BCUT2D eigenvalue weighted by atomic mass is 16.1. The first kappa shape index (κ1) is 11.4. The normalized spacial score (nSPS) is 13.6. The third-order valence-electron chi connectivity index (χ3n) is 3.96. The van der Waals surface area contributed by atoms with E-state index in [0.717, 1.165) is 41.5 Å². The van der Waals surface area contributed by atoms with E-state index in [-0.39, 0.29) is 5.56 Å². The topological polar surface area (TPSA) is 45.8 Å². The minimum absolute atomic E-state index is 0.0238. The number of hydrogen-bond acceptors (Lipinski definition) is 2. The molecule has 0 unspecified atom stereocenters. The maximum Gasteiger partial charge on any atom is 0.254 e. The maximum atomic E-state index is 12.1. The van der Waals surface area contributed by atoms with Crippen LogP contribution in [-0.4, -0.2) is 9.97 Å². The van der Waals surface area contributed by atoms with Crippen LogP contribution < -0.4 is 5.56 Å². The molecule has 1 heterocycles. The zero-order valence-electron chi connectivity index (χ0n) is 11.0. The number of nitrogens with zero attached hydrogens (tertiary/aromatic N) is 1. The number of aryl methyl sites for hydroxylation is 1. The molecular weight excluding hydrogens is 248 g/mol. The predicted octanol–water partition coefficient (Wildman–Crippen LogP) is 3.08. The Bertz CT molecular complexity index is 864. The lowest BCUT2D eigenvalue weighted by Gasteiger charge is -2.05. The second-order valence-corrected chi connectivity index (χ2v) is 5.26. The van der Waals surface area contributed by atoms with E-state index in [1.165, 1.54) is 5.39 Å². The van der Waals surface area contributed by atoms with Gasteiger partial charge in [0.15, 0.2) is 0 Å². The minimum atomic E-state index is 0.0238. The van der Waals surface area contributed by atoms with Crippen LogP contribution in [0.4, 0.5) is 0 Å². The van der Waals surface area contributed by atoms with Crippen molar-refractivity contribution >= 4 is 10.8 Å². The van der Waals surface area contributed by atoms with Gasteiger partial charge in [-0.1, -0.05) is 36.4 Å². The summed E-state index contributed by atoms with van der Waals surface area (Å²) in [7, 11) is 0. The standard InChI is InChI=1S/C17H14N2O/c20-17-14-6-3-7-15(14)18-16(19-17)13-9-8-11-4-1-2-5-12(11)10-13/h1-2,4-5,8-10H,3,6-7H2,(H,18,19,20). The van der Waals surface area contributed by atoms with Crippen LogP contribution in [-0.2, 0) is 12.8 Å². The van der Waals surface area contributed by atoms with Crippen molar-refractivity contribution in [3.63, 3.8) is 0 Å². The van der Waals surface area contributed by atoms with Gasteiger partial charge in [-0.3, -0.25) is 4.79 Å². The van der Waals surface area contributed by atoms with Crippen molar-refractivity contribution in [1.29, 1.82) is 0 Å². The van der Waals surface area contributed by atoms with Gasteiger partial charge in [0.2, 0.25) is 0 Å². The Labute approximate surface area is 116 Å². The predicted molar refractivity (Wildman–Crippen MR) is 79.8 cm³/mol. The molecule has 0 atom stereocenters. The average molecular weight is 262 g/mol. The SMILES string of the molecule is O=c1[nH]c(-c2ccc3ccccc3c2)nc2c1CCC2. The number of H-pyrrole nitrogens is 1. The van der Waals surface area contributed by atoms with Crippen molar-refractivity contribution in [3.05, 3.63) is 64.1 Å². The van der Waals surface area contributed by atoms with E-state index in [1.807, 2.05) is 18.2 Å². The van der Waals surface area contributed by atoms with Crippen molar-refractivity contribution in [3.8, 4) is 11.4 Å². The molecule has 1 aliphatic carbocycles. The molecule has 0 radical (unpaired) electrons. The van der Waals surface area contributed by atoms with E-state index in [2.05, 4.69) is 34.2 Å². The summed E-state index contributed by atoms with van der Waals surface area (Å²) >= 11 is 0. The van der Waals surface area contributed by atoms with E-state index < -0.39 is 0 Å². The van der Waals surface area contributed by atoms with E-state index in [4.69, 9.17) is 0 Å². The maximum absolute atomic E-state index is 12.1. The summed E-state index contributed by atoms with van der Waals surface area (Å²) in [4.78, 5) is 19.6. The van der Waals surface area contributed by atoms with E-state index in [1.54, 1.807) is 0 Å². The molecule has 1 aliphatic rings. The molecule has 0 bridgehead atoms. The molecule has 0 saturated heterocycles. The van der Waals surface area contributed by atoms with Crippen LogP contribution in [0.2, 0.25) is 0 Å². The van der Waals surface area contributed by atoms with Gasteiger partial charge in [-0.05, 0) is 36.1 Å². The first-order chi connectivity index (χ1) is 9.81. The van der Waals surface area contributed by atoms with Crippen LogP contribution in [0.15, 0.2) is 47.3 Å². The Balaban J connectivity index is 1.91. The molecule has 1 aromatic heterocycles. The summed E-state index contributed by atoms with van der Waals surface area (Å²) in [5, 5.41) is 2.35. The number of hydrogen-bond donors (Lipinski definition) is 1. The Morgan fingerprint density at radius 1 is 1.00 bits per heavy atom. The fourth-order valence-corrected chi connectivity index (χ4v) is 2.91. The van der Waals surface area contributed by atoms with Crippen LogP contribution in [0.1, 0.15) is 17.7 Å². The average Bonchev–Trinajstić information content (AvgIpc) is 2.96. The number of fused-ring (bicyclic) bond motifs is 2. The zero-order chi connectivity index (χ0) is 13.5. The van der Waals surface area contributed by atoms with E-state index >= 15 is 0 Å². The van der Waals surface area contributed by atoms with Crippen LogP contribution in [0.3, 0.4) is 0 Å². The van der Waals surface area contributed by atoms with Crippen molar-refractivity contribution in [1.82, 2.24) is 9.97 Å². The van der Waals surface area contributed by atoms with Crippen molar-refractivity contribution in [2.45, 2.75) is 19.3 Å².